The molecular formula is C14H25ClN2O2. The Balaban J connectivity index is 0.00000133. The Hall–Kier alpha value is -0.320. The molecule has 2 aliphatic heterocycles. The van der Waals surface area contributed by atoms with Crippen molar-refractivity contribution in [2.75, 3.05) is 26.2 Å². The average molecular weight is 289 g/mol. The van der Waals surface area contributed by atoms with Crippen LogP contribution in [0.25, 0.3) is 0 Å². The third-order valence-corrected chi connectivity index (χ3v) is 4.80. The zero-order valence-corrected chi connectivity index (χ0v) is 12.5. The molecule has 19 heavy (non-hydrogen) atoms. The number of carbonyl (C=O) groups is 1. The minimum Gasteiger partial charge on any atom is -0.371 e. The number of ether oxygens (including phenoxy) is 1. The largest absolute Gasteiger partial charge is 0.371 e. The topological polar surface area (TPSA) is 41.6 Å². The number of hydrogen-bond acceptors (Lipinski definition) is 3. The number of amides is 1. The lowest BCUT2D eigenvalue weighted by Gasteiger charge is -2.49. The minimum absolute atomic E-state index is 0. The van der Waals surface area contributed by atoms with Crippen molar-refractivity contribution in [2.45, 2.75) is 50.7 Å². The average Bonchev–Trinajstić information content (AvgIpc) is 2.36. The number of nitrogens with zero attached hydrogens (tertiary/aromatic N) is 1. The Morgan fingerprint density at radius 3 is 2.84 bits per heavy atom. The van der Waals surface area contributed by atoms with Crippen LogP contribution in [0.1, 0.15) is 39.0 Å². The first-order valence-corrected chi connectivity index (χ1v) is 7.35. The fourth-order valence-electron chi connectivity index (χ4n) is 3.52. The maximum Gasteiger partial charge on any atom is 0.225 e. The third kappa shape index (κ3) is 3.06. The minimum atomic E-state index is 0. The van der Waals surface area contributed by atoms with Gasteiger partial charge in [-0.3, -0.25) is 4.79 Å². The van der Waals surface area contributed by atoms with Gasteiger partial charge in [-0.1, -0.05) is 0 Å². The second-order valence-corrected chi connectivity index (χ2v) is 6.22. The standard InChI is InChI=1S/C14H24N2O2.ClH/c1-11-9-12(3-6-15-11)13(17)16-7-8-18-14(10-16)4-2-5-14;/h11-12,15H,2-10H2,1H3;1H/t11-,12-;/m0./s1. The maximum absolute atomic E-state index is 12.6. The van der Waals surface area contributed by atoms with Gasteiger partial charge in [0.2, 0.25) is 5.91 Å². The van der Waals surface area contributed by atoms with E-state index in [0.29, 0.717) is 11.9 Å². The van der Waals surface area contributed by atoms with Crippen molar-refractivity contribution in [1.29, 1.82) is 0 Å². The lowest BCUT2D eigenvalue weighted by Crippen LogP contribution is -2.58. The maximum atomic E-state index is 12.6. The van der Waals surface area contributed by atoms with Crippen LogP contribution in [0.15, 0.2) is 0 Å². The Labute approximate surface area is 121 Å². The molecule has 4 nitrogen and oxygen atoms in total. The summed E-state index contributed by atoms with van der Waals surface area (Å²) >= 11 is 0. The quantitative estimate of drug-likeness (QED) is 0.796. The highest BCUT2D eigenvalue weighted by molar-refractivity contribution is 5.85. The van der Waals surface area contributed by atoms with E-state index in [1.807, 2.05) is 0 Å². The molecule has 0 unspecified atom stereocenters. The van der Waals surface area contributed by atoms with Crippen molar-refractivity contribution in [1.82, 2.24) is 10.2 Å². The van der Waals surface area contributed by atoms with Gasteiger partial charge in [0, 0.05) is 25.0 Å². The Morgan fingerprint density at radius 1 is 1.42 bits per heavy atom. The van der Waals surface area contributed by atoms with Gasteiger partial charge in [0.1, 0.15) is 0 Å². The van der Waals surface area contributed by atoms with E-state index < -0.39 is 0 Å². The smallest absolute Gasteiger partial charge is 0.225 e. The number of halogens is 1. The summed E-state index contributed by atoms with van der Waals surface area (Å²) in [7, 11) is 0. The van der Waals surface area contributed by atoms with E-state index in [-0.39, 0.29) is 23.9 Å². The Morgan fingerprint density at radius 2 is 2.21 bits per heavy atom. The lowest BCUT2D eigenvalue weighted by molar-refractivity contribution is -0.171. The van der Waals surface area contributed by atoms with Gasteiger partial charge in [-0.15, -0.1) is 12.4 Å². The summed E-state index contributed by atoms with van der Waals surface area (Å²) in [6.07, 6.45) is 5.52. The Bertz CT molecular complexity index is 333. The van der Waals surface area contributed by atoms with Gasteiger partial charge < -0.3 is 15.0 Å². The number of piperidine rings is 1. The summed E-state index contributed by atoms with van der Waals surface area (Å²) < 4.78 is 5.88. The number of hydrogen-bond donors (Lipinski definition) is 1. The third-order valence-electron chi connectivity index (χ3n) is 4.80. The van der Waals surface area contributed by atoms with Gasteiger partial charge in [0.25, 0.3) is 0 Å². The van der Waals surface area contributed by atoms with Crippen molar-refractivity contribution >= 4 is 18.3 Å². The van der Waals surface area contributed by atoms with Gasteiger partial charge in [-0.2, -0.15) is 0 Å². The molecule has 3 aliphatic rings. The van der Waals surface area contributed by atoms with E-state index >= 15 is 0 Å². The molecule has 2 heterocycles. The van der Waals surface area contributed by atoms with Crippen molar-refractivity contribution in [3.05, 3.63) is 0 Å². The molecule has 3 rings (SSSR count). The van der Waals surface area contributed by atoms with Crippen LogP contribution in [0.5, 0.6) is 0 Å². The predicted molar refractivity (Wildman–Crippen MR) is 76.6 cm³/mol. The molecule has 1 saturated carbocycles. The normalized spacial score (nSPS) is 33.4. The molecule has 2 saturated heterocycles. The first-order chi connectivity index (χ1) is 8.69. The summed E-state index contributed by atoms with van der Waals surface area (Å²) in [5.74, 6) is 0.606. The highest BCUT2D eigenvalue weighted by Crippen LogP contribution is 2.38. The summed E-state index contributed by atoms with van der Waals surface area (Å²) in [4.78, 5) is 14.6. The second-order valence-electron chi connectivity index (χ2n) is 6.22. The number of rotatable bonds is 1. The van der Waals surface area contributed by atoms with E-state index in [2.05, 4.69) is 17.1 Å². The molecule has 0 radical (unpaired) electrons. The summed E-state index contributed by atoms with van der Waals surface area (Å²) in [5.41, 5.74) is 0.0342. The molecular weight excluding hydrogens is 264 g/mol. The molecule has 1 aliphatic carbocycles. The SMILES string of the molecule is C[C@H]1C[C@@H](C(=O)N2CCOC3(CCC3)C2)CCN1.Cl. The monoisotopic (exact) mass is 288 g/mol. The highest BCUT2D eigenvalue weighted by Gasteiger charge is 2.44. The van der Waals surface area contributed by atoms with Crippen molar-refractivity contribution in [2.24, 2.45) is 5.92 Å². The van der Waals surface area contributed by atoms with Gasteiger partial charge >= 0.3 is 0 Å². The van der Waals surface area contributed by atoms with E-state index in [1.54, 1.807) is 0 Å². The second kappa shape index (κ2) is 5.98. The van der Waals surface area contributed by atoms with Crippen LogP contribution in [0.2, 0.25) is 0 Å². The zero-order valence-electron chi connectivity index (χ0n) is 11.7. The van der Waals surface area contributed by atoms with Crippen LogP contribution < -0.4 is 5.32 Å². The number of morpholine rings is 1. The van der Waals surface area contributed by atoms with Gasteiger partial charge in [0.15, 0.2) is 0 Å². The Kier molecular flexibility index (Phi) is 4.75. The van der Waals surface area contributed by atoms with Crippen LogP contribution >= 0.6 is 12.4 Å². The van der Waals surface area contributed by atoms with Crippen LogP contribution in [-0.4, -0.2) is 48.7 Å². The van der Waals surface area contributed by atoms with Crippen LogP contribution in [0, 0.1) is 5.92 Å². The number of nitrogens with one attached hydrogen (secondary N) is 1. The van der Waals surface area contributed by atoms with Gasteiger partial charge in [-0.25, -0.2) is 0 Å². The molecule has 5 heteroatoms. The van der Waals surface area contributed by atoms with Crippen molar-refractivity contribution in [3.8, 4) is 0 Å². The molecule has 2 atom stereocenters. The molecule has 1 amide bonds. The fraction of sp³-hybridized carbons (Fsp3) is 0.929. The highest BCUT2D eigenvalue weighted by atomic mass is 35.5. The van der Waals surface area contributed by atoms with E-state index in [0.717, 1.165) is 51.9 Å². The molecule has 3 fully saturated rings. The van der Waals surface area contributed by atoms with Crippen molar-refractivity contribution < 1.29 is 9.53 Å². The molecule has 1 spiro atoms. The van der Waals surface area contributed by atoms with Crippen LogP contribution in [0.3, 0.4) is 0 Å². The molecule has 1 N–H and O–H groups in total. The molecule has 0 aromatic carbocycles. The first kappa shape index (κ1) is 15.1. The molecule has 0 aromatic rings. The predicted octanol–water partition coefficient (Wildman–Crippen LogP) is 1.58. The molecule has 0 aromatic heterocycles. The first-order valence-electron chi connectivity index (χ1n) is 7.35. The fourth-order valence-corrected chi connectivity index (χ4v) is 3.52. The van der Waals surface area contributed by atoms with E-state index in [9.17, 15) is 4.79 Å². The summed E-state index contributed by atoms with van der Waals surface area (Å²) in [5, 5.41) is 3.41. The van der Waals surface area contributed by atoms with E-state index in [4.69, 9.17) is 4.74 Å². The number of carbonyl (C=O) groups excluding carboxylic acids is 1. The molecule has 110 valence electrons. The van der Waals surface area contributed by atoms with Gasteiger partial charge in [-0.05, 0) is 45.6 Å². The van der Waals surface area contributed by atoms with E-state index in [1.165, 1.54) is 6.42 Å². The lowest BCUT2D eigenvalue weighted by atomic mass is 9.78. The van der Waals surface area contributed by atoms with Crippen LogP contribution in [0.4, 0.5) is 0 Å². The zero-order chi connectivity index (χ0) is 12.6. The molecule has 0 bridgehead atoms. The summed E-state index contributed by atoms with van der Waals surface area (Å²) in [6.45, 7) is 5.51. The van der Waals surface area contributed by atoms with Crippen molar-refractivity contribution in [3.63, 3.8) is 0 Å². The van der Waals surface area contributed by atoms with Crippen LogP contribution in [-0.2, 0) is 9.53 Å². The van der Waals surface area contributed by atoms with Gasteiger partial charge in [0.05, 0.1) is 12.2 Å². The summed E-state index contributed by atoms with van der Waals surface area (Å²) in [6, 6.07) is 0.478.